The van der Waals surface area contributed by atoms with Gasteiger partial charge in [-0.1, -0.05) is 55.6 Å². The van der Waals surface area contributed by atoms with E-state index in [-0.39, 0.29) is 11.0 Å². The summed E-state index contributed by atoms with van der Waals surface area (Å²) in [6.07, 6.45) is 2.73. The van der Waals surface area contributed by atoms with Gasteiger partial charge in [0.25, 0.3) is 5.91 Å². The molecule has 1 aromatic heterocycles. The summed E-state index contributed by atoms with van der Waals surface area (Å²) in [6, 6.07) is 0. The summed E-state index contributed by atoms with van der Waals surface area (Å²) in [5.74, 6) is -0.827. The van der Waals surface area contributed by atoms with Crippen molar-refractivity contribution >= 4 is 80.3 Å². The predicted octanol–water partition coefficient (Wildman–Crippen LogP) is 3.87. The molecule has 11 heteroatoms. The molecule has 0 radical (unpaired) electrons. The predicted molar refractivity (Wildman–Crippen MR) is 121 cm³/mol. The summed E-state index contributed by atoms with van der Waals surface area (Å²) < 4.78 is -1.85. The third-order valence-electron chi connectivity index (χ3n) is 4.20. The van der Waals surface area contributed by atoms with Crippen molar-refractivity contribution in [1.29, 1.82) is 0 Å². The number of halogens is 3. The van der Waals surface area contributed by atoms with Gasteiger partial charge in [-0.3, -0.25) is 9.59 Å². The van der Waals surface area contributed by atoms with Gasteiger partial charge in [0.05, 0.1) is 5.56 Å². The molecule has 1 aliphatic rings. The zero-order valence-corrected chi connectivity index (χ0v) is 19.7. The van der Waals surface area contributed by atoms with Gasteiger partial charge in [0.15, 0.2) is 5.11 Å². The highest BCUT2D eigenvalue weighted by molar-refractivity contribution is 7.80. The van der Waals surface area contributed by atoms with E-state index in [0.717, 1.165) is 36.1 Å². The van der Waals surface area contributed by atoms with E-state index in [9.17, 15) is 9.59 Å². The Kier molecular flexibility index (Phi) is 7.48. The van der Waals surface area contributed by atoms with E-state index in [1.807, 2.05) is 0 Å². The minimum atomic E-state index is -1.85. The van der Waals surface area contributed by atoms with Crippen molar-refractivity contribution in [2.24, 2.45) is 11.1 Å². The van der Waals surface area contributed by atoms with Crippen LogP contribution in [-0.2, 0) is 17.6 Å². The highest BCUT2D eigenvalue weighted by Crippen LogP contribution is 2.38. The standard InChI is InChI=1S/C17H23Cl3N4O2S2/c1-16(2,3)14(26)23-13(17(18,19)20)24-15(27)22-12-10(11(21)25)8-6-4-5-7-9(8)28-12/h13H,4-7H2,1-3H3,(H2,21,25)(H,23,26)(H2,22,24,27)/t13-/m1/s1. The van der Waals surface area contributed by atoms with Gasteiger partial charge in [-0.05, 0) is 43.5 Å². The maximum absolute atomic E-state index is 12.3. The lowest BCUT2D eigenvalue weighted by Gasteiger charge is -2.30. The Morgan fingerprint density at radius 1 is 1.14 bits per heavy atom. The van der Waals surface area contributed by atoms with E-state index >= 15 is 0 Å². The monoisotopic (exact) mass is 484 g/mol. The van der Waals surface area contributed by atoms with Crippen molar-refractivity contribution in [3.8, 4) is 0 Å². The molecule has 1 heterocycles. The first-order chi connectivity index (χ1) is 12.8. The molecule has 0 aliphatic heterocycles. The number of anilines is 1. The van der Waals surface area contributed by atoms with Gasteiger partial charge in [-0.25, -0.2) is 0 Å². The van der Waals surface area contributed by atoms with Gasteiger partial charge in [0, 0.05) is 10.3 Å². The molecule has 1 atom stereocenters. The SMILES string of the molecule is CC(C)(C)C(=O)N[C@H](NC(=S)Nc1sc2c(c1C(N)=O)CCCC2)C(Cl)(Cl)Cl. The van der Waals surface area contributed by atoms with Crippen LogP contribution in [0.4, 0.5) is 5.00 Å². The van der Waals surface area contributed by atoms with Crippen molar-refractivity contribution in [3.05, 3.63) is 16.0 Å². The number of hydrogen-bond acceptors (Lipinski definition) is 4. The van der Waals surface area contributed by atoms with Gasteiger partial charge < -0.3 is 21.7 Å². The highest BCUT2D eigenvalue weighted by atomic mass is 35.6. The third-order valence-corrected chi connectivity index (χ3v) is 6.29. The van der Waals surface area contributed by atoms with Gasteiger partial charge in [0.1, 0.15) is 11.2 Å². The number of fused-ring (bicyclic) bond motifs is 1. The zero-order valence-electron chi connectivity index (χ0n) is 15.8. The largest absolute Gasteiger partial charge is 0.365 e. The molecule has 1 aromatic rings. The Balaban J connectivity index is 2.18. The van der Waals surface area contributed by atoms with Gasteiger partial charge in [-0.2, -0.15) is 0 Å². The van der Waals surface area contributed by atoms with Crippen LogP contribution in [-0.4, -0.2) is 26.9 Å². The molecule has 1 aliphatic carbocycles. The van der Waals surface area contributed by atoms with Crippen LogP contribution >= 0.6 is 58.4 Å². The van der Waals surface area contributed by atoms with E-state index in [1.165, 1.54) is 11.3 Å². The minimum Gasteiger partial charge on any atom is -0.365 e. The molecule has 0 aromatic carbocycles. The number of thiophene rings is 1. The van der Waals surface area contributed by atoms with Crippen LogP contribution < -0.4 is 21.7 Å². The molecule has 0 fully saturated rings. The molecule has 0 bridgehead atoms. The van der Waals surface area contributed by atoms with Crippen LogP contribution in [0.25, 0.3) is 0 Å². The molecule has 28 heavy (non-hydrogen) atoms. The van der Waals surface area contributed by atoms with Crippen LogP contribution in [0.15, 0.2) is 0 Å². The summed E-state index contributed by atoms with van der Waals surface area (Å²) in [5.41, 5.74) is 6.33. The van der Waals surface area contributed by atoms with Crippen LogP contribution in [0, 0.1) is 5.41 Å². The number of nitrogens with two attached hydrogens (primary N) is 1. The fourth-order valence-electron chi connectivity index (χ4n) is 2.73. The van der Waals surface area contributed by atoms with Crippen molar-refractivity contribution in [2.75, 3.05) is 5.32 Å². The molecule has 5 N–H and O–H groups in total. The number of alkyl halides is 3. The number of nitrogens with one attached hydrogen (secondary N) is 3. The van der Waals surface area contributed by atoms with Gasteiger partial charge in [0.2, 0.25) is 9.70 Å². The summed E-state index contributed by atoms with van der Waals surface area (Å²) >= 11 is 24.8. The molecule has 6 nitrogen and oxygen atoms in total. The molecule has 0 saturated carbocycles. The Bertz CT molecular complexity index is 785. The molecule has 0 saturated heterocycles. The van der Waals surface area contributed by atoms with E-state index in [1.54, 1.807) is 20.8 Å². The fraction of sp³-hybridized carbons (Fsp3) is 0.588. The number of aryl methyl sites for hydroxylation is 1. The maximum atomic E-state index is 12.3. The minimum absolute atomic E-state index is 0.103. The summed E-state index contributed by atoms with van der Waals surface area (Å²) in [6.45, 7) is 5.22. The Morgan fingerprint density at radius 2 is 1.75 bits per heavy atom. The number of amides is 2. The van der Waals surface area contributed by atoms with Crippen molar-refractivity contribution in [3.63, 3.8) is 0 Å². The average molecular weight is 486 g/mol. The average Bonchev–Trinajstić information content (AvgIpc) is 2.89. The summed E-state index contributed by atoms with van der Waals surface area (Å²) in [7, 11) is 0. The third kappa shape index (κ3) is 5.86. The number of carbonyl (C=O) groups excluding carboxylic acids is 2. The number of hydrogen-bond donors (Lipinski definition) is 4. The number of thiocarbonyl (C=S) groups is 1. The Hall–Kier alpha value is -0.800. The molecular weight excluding hydrogens is 463 g/mol. The normalized spacial score (nSPS) is 15.4. The second-order valence-corrected chi connectivity index (χ2v) is 11.5. The van der Waals surface area contributed by atoms with Crippen molar-refractivity contribution < 1.29 is 9.59 Å². The molecule has 2 amide bonds. The maximum Gasteiger partial charge on any atom is 0.251 e. The van der Waals surface area contributed by atoms with Crippen LogP contribution in [0.5, 0.6) is 0 Å². The molecule has 0 unspecified atom stereocenters. The first-order valence-corrected chi connectivity index (χ1v) is 11.1. The lowest BCUT2D eigenvalue weighted by atomic mass is 9.95. The zero-order chi connectivity index (χ0) is 21.3. The lowest BCUT2D eigenvalue weighted by Crippen LogP contribution is -2.58. The first kappa shape index (κ1) is 23.5. The van der Waals surface area contributed by atoms with E-state index < -0.39 is 21.3 Å². The fourth-order valence-corrected chi connectivity index (χ4v) is 4.64. The quantitative estimate of drug-likeness (QED) is 0.295. The molecule has 2 rings (SSSR count). The Labute approximate surface area is 188 Å². The molecular formula is C17H23Cl3N4O2S2. The number of rotatable bonds is 4. The van der Waals surface area contributed by atoms with Crippen LogP contribution in [0.3, 0.4) is 0 Å². The topological polar surface area (TPSA) is 96.2 Å². The van der Waals surface area contributed by atoms with E-state index in [4.69, 9.17) is 52.8 Å². The van der Waals surface area contributed by atoms with Gasteiger partial charge in [-0.15, -0.1) is 11.3 Å². The van der Waals surface area contributed by atoms with Crippen molar-refractivity contribution in [2.45, 2.75) is 56.4 Å². The summed E-state index contributed by atoms with van der Waals surface area (Å²) in [4.78, 5) is 25.4. The molecule has 156 valence electrons. The molecule has 0 spiro atoms. The van der Waals surface area contributed by atoms with E-state index in [0.29, 0.717) is 10.6 Å². The Morgan fingerprint density at radius 3 is 2.29 bits per heavy atom. The lowest BCUT2D eigenvalue weighted by molar-refractivity contribution is -0.129. The number of primary amides is 1. The van der Waals surface area contributed by atoms with E-state index in [2.05, 4.69) is 16.0 Å². The first-order valence-electron chi connectivity index (χ1n) is 8.70. The number of carbonyl (C=O) groups is 2. The van der Waals surface area contributed by atoms with Crippen LogP contribution in [0.1, 0.15) is 54.4 Å². The van der Waals surface area contributed by atoms with Crippen LogP contribution in [0.2, 0.25) is 0 Å². The smallest absolute Gasteiger partial charge is 0.251 e. The highest BCUT2D eigenvalue weighted by Gasteiger charge is 2.37. The second-order valence-electron chi connectivity index (χ2n) is 7.58. The summed E-state index contributed by atoms with van der Waals surface area (Å²) in [5, 5.41) is 9.08. The van der Waals surface area contributed by atoms with Gasteiger partial charge >= 0.3 is 0 Å². The van der Waals surface area contributed by atoms with Crippen molar-refractivity contribution in [1.82, 2.24) is 10.6 Å². The second kappa shape index (κ2) is 8.92.